The van der Waals surface area contributed by atoms with Crippen molar-refractivity contribution in [1.82, 2.24) is 14.7 Å². The summed E-state index contributed by atoms with van der Waals surface area (Å²) >= 11 is 6.09. The molecule has 0 bridgehead atoms. The van der Waals surface area contributed by atoms with E-state index in [0.29, 0.717) is 18.1 Å². The second-order valence-corrected chi connectivity index (χ2v) is 5.13. The average Bonchev–Trinajstić information content (AvgIpc) is 2.77. The standard InChI is InChI=1S/C13H15ClN4O2/c1-16(7-10-6-15-17(2)8-10)9-11-5-12(18(19)20)3-4-13(11)14/h3-6,8H,7,9H2,1-2H3. The smallest absolute Gasteiger partial charge is 0.269 e. The second kappa shape index (κ2) is 6.02. The van der Waals surface area contributed by atoms with Crippen LogP contribution in [0, 0.1) is 10.1 Å². The van der Waals surface area contributed by atoms with Crippen molar-refractivity contribution in [2.45, 2.75) is 13.1 Å². The summed E-state index contributed by atoms with van der Waals surface area (Å²) < 4.78 is 1.74. The van der Waals surface area contributed by atoms with Crippen molar-refractivity contribution in [2.75, 3.05) is 7.05 Å². The zero-order valence-corrected chi connectivity index (χ0v) is 12.0. The number of non-ortho nitro benzene ring substituents is 1. The van der Waals surface area contributed by atoms with E-state index in [4.69, 9.17) is 11.6 Å². The van der Waals surface area contributed by atoms with E-state index < -0.39 is 4.92 Å². The molecular formula is C13H15ClN4O2. The van der Waals surface area contributed by atoms with Crippen LogP contribution in [0.1, 0.15) is 11.1 Å². The summed E-state index contributed by atoms with van der Waals surface area (Å²) in [4.78, 5) is 12.4. The minimum absolute atomic E-state index is 0.0548. The number of hydrogen-bond donors (Lipinski definition) is 0. The number of hydrogen-bond acceptors (Lipinski definition) is 4. The van der Waals surface area contributed by atoms with Crippen molar-refractivity contribution in [3.05, 3.63) is 56.9 Å². The molecule has 1 heterocycles. The summed E-state index contributed by atoms with van der Waals surface area (Å²) in [6.07, 6.45) is 3.73. The maximum Gasteiger partial charge on any atom is 0.269 e. The monoisotopic (exact) mass is 294 g/mol. The first-order valence-corrected chi connectivity index (χ1v) is 6.42. The van der Waals surface area contributed by atoms with Crippen LogP contribution < -0.4 is 0 Å². The normalized spacial score (nSPS) is 11.0. The highest BCUT2D eigenvalue weighted by Crippen LogP contribution is 2.23. The molecule has 2 rings (SSSR count). The summed E-state index contributed by atoms with van der Waals surface area (Å²) in [5.74, 6) is 0. The Balaban J connectivity index is 2.08. The van der Waals surface area contributed by atoms with Crippen molar-refractivity contribution >= 4 is 17.3 Å². The molecule has 20 heavy (non-hydrogen) atoms. The van der Waals surface area contributed by atoms with Gasteiger partial charge in [0.25, 0.3) is 5.69 Å². The fourth-order valence-corrected chi connectivity index (χ4v) is 2.19. The third-order valence-corrected chi connectivity index (χ3v) is 3.26. The van der Waals surface area contributed by atoms with Gasteiger partial charge in [0.1, 0.15) is 0 Å². The Morgan fingerprint density at radius 1 is 1.45 bits per heavy atom. The lowest BCUT2D eigenvalue weighted by molar-refractivity contribution is -0.384. The quantitative estimate of drug-likeness (QED) is 0.628. The Kier molecular flexibility index (Phi) is 4.36. The van der Waals surface area contributed by atoms with Crippen molar-refractivity contribution in [2.24, 2.45) is 7.05 Å². The van der Waals surface area contributed by atoms with Gasteiger partial charge in [-0.1, -0.05) is 11.6 Å². The highest BCUT2D eigenvalue weighted by Gasteiger charge is 2.12. The van der Waals surface area contributed by atoms with E-state index in [2.05, 4.69) is 5.10 Å². The van der Waals surface area contributed by atoms with Gasteiger partial charge >= 0.3 is 0 Å². The zero-order valence-electron chi connectivity index (χ0n) is 11.3. The van der Waals surface area contributed by atoms with Crippen LogP contribution >= 0.6 is 11.6 Å². The van der Waals surface area contributed by atoms with Gasteiger partial charge in [-0.2, -0.15) is 5.10 Å². The van der Waals surface area contributed by atoms with Gasteiger partial charge in [0.15, 0.2) is 0 Å². The molecular weight excluding hydrogens is 280 g/mol. The summed E-state index contributed by atoms with van der Waals surface area (Å²) in [6, 6.07) is 4.49. The maximum atomic E-state index is 10.8. The van der Waals surface area contributed by atoms with Crippen molar-refractivity contribution in [3.8, 4) is 0 Å². The van der Waals surface area contributed by atoms with E-state index in [9.17, 15) is 10.1 Å². The summed E-state index contributed by atoms with van der Waals surface area (Å²) in [5.41, 5.74) is 1.88. The third-order valence-electron chi connectivity index (χ3n) is 2.89. The van der Waals surface area contributed by atoms with E-state index >= 15 is 0 Å². The molecule has 1 aromatic carbocycles. The van der Waals surface area contributed by atoms with Crippen LogP contribution in [0.3, 0.4) is 0 Å². The van der Waals surface area contributed by atoms with Gasteiger partial charge in [0, 0.05) is 49.1 Å². The first-order chi connectivity index (χ1) is 9.45. The Morgan fingerprint density at radius 3 is 2.80 bits per heavy atom. The molecule has 2 aromatic rings. The van der Waals surface area contributed by atoms with Gasteiger partial charge in [-0.3, -0.25) is 19.7 Å². The topological polar surface area (TPSA) is 64.2 Å². The SMILES string of the molecule is CN(Cc1cnn(C)c1)Cc1cc([N+](=O)[O-])ccc1Cl. The van der Waals surface area contributed by atoms with E-state index in [-0.39, 0.29) is 5.69 Å². The molecule has 0 N–H and O–H groups in total. The van der Waals surface area contributed by atoms with Crippen LogP contribution in [0.15, 0.2) is 30.6 Å². The highest BCUT2D eigenvalue weighted by atomic mass is 35.5. The van der Waals surface area contributed by atoms with Gasteiger partial charge in [-0.15, -0.1) is 0 Å². The van der Waals surface area contributed by atoms with Crippen molar-refractivity contribution < 1.29 is 4.92 Å². The molecule has 0 saturated heterocycles. The van der Waals surface area contributed by atoms with Gasteiger partial charge < -0.3 is 0 Å². The van der Waals surface area contributed by atoms with Gasteiger partial charge in [-0.05, 0) is 18.7 Å². The number of nitro benzene ring substituents is 1. The van der Waals surface area contributed by atoms with Crippen molar-refractivity contribution in [3.63, 3.8) is 0 Å². The average molecular weight is 295 g/mol. The molecule has 0 aliphatic rings. The number of aromatic nitrogens is 2. The molecule has 0 aliphatic carbocycles. The molecule has 7 heteroatoms. The third kappa shape index (κ3) is 3.55. The van der Waals surface area contributed by atoms with Gasteiger partial charge in [0.2, 0.25) is 0 Å². The maximum absolute atomic E-state index is 10.8. The summed E-state index contributed by atoms with van der Waals surface area (Å²) in [5, 5.41) is 15.4. The van der Waals surface area contributed by atoms with Gasteiger partial charge in [0.05, 0.1) is 11.1 Å². The van der Waals surface area contributed by atoms with Crippen LogP contribution in [-0.4, -0.2) is 26.7 Å². The number of nitrogens with zero attached hydrogens (tertiary/aromatic N) is 4. The van der Waals surface area contributed by atoms with Crippen LogP contribution in [0.2, 0.25) is 5.02 Å². The number of nitro groups is 1. The highest BCUT2D eigenvalue weighted by molar-refractivity contribution is 6.31. The lowest BCUT2D eigenvalue weighted by Crippen LogP contribution is -2.17. The van der Waals surface area contributed by atoms with E-state index in [1.807, 2.05) is 25.2 Å². The largest absolute Gasteiger partial charge is 0.298 e. The molecule has 0 fully saturated rings. The molecule has 106 valence electrons. The number of benzene rings is 1. The molecule has 0 radical (unpaired) electrons. The molecule has 0 aliphatic heterocycles. The zero-order chi connectivity index (χ0) is 14.7. The molecule has 0 saturated carbocycles. The second-order valence-electron chi connectivity index (χ2n) is 4.73. The lowest BCUT2D eigenvalue weighted by atomic mass is 10.2. The Bertz CT molecular complexity index is 627. The van der Waals surface area contributed by atoms with E-state index in [1.165, 1.54) is 12.1 Å². The first-order valence-electron chi connectivity index (χ1n) is 6.04. The van der Waals surface area contributed by atoms with Crippen molar-refractivity contribution in [1.29, 1.82) is 0 Å². The summed E-state index contributed by atoms with van der Waals surface area (Å²) in [6.45, 7) is 1.24. The number of halogens is 1. The molecule has 0 spiro atoms. The summed E-state index contributed by atoms with van der Waals surface area (Å²) in [7, 11) is 3.79. The molecule has 0 amide bonds. The molecule has 0 atom stereocenters. The van der Waals surface area contributed by atoms with Crippen LogP contribution in [-0.2, 0) is 20.1 Å². The van der Waals surface area contributed by atoms with E-state index in [0.717, 1.165) is 11.1 Å². The fraction of sp³-hybridized carbons (Fsp3) is 0.308. The fourth-order valence-electron chi connectivity index (χ4n) is 2.01. The van der Waals surface area contributed by atoms with E-state index in [1.54, 1.807) is 16.9 Å². The number of aryl methyl sites for hydroxylation is 1. The predicted molar refractivity (Wildman–Crippen MR) is 76.5 cm³/mol. The minimum Gasteiger partial charge on any atom is -0.298 e. The Hall–Kier alpha value is -1.92. The molecule has 0 unspecified atom stereocenters. The minimum atomic E-state index is -0.416. The van der Waals surface area contributed by atoms with Gasteiger partial charge in [-0.25, -0.2) is 0 Å². The Labute approximate surface area is 121 Å². The van der Waals surface area contributed by atoms with Crippen LogP contribution in [0.5, 0.6) is 0 Å². The van der Waals surface area contributed by atoms with Crippen LogP contribution in [0.25, 0.3) is 0 Å². The molecule has 1 aromatic heterocycles. The predicted octanol–water partition coefficient (Wildman–Crippen LogP) is 2.61. The number of rotatable bonds is 5. The molecule has 6 nitrogen and oxygen atoms in total. The van der Waals surface area contributed by atoms with Crippen LogP contribution in [0.4, 0.5) is 5.69 Å². The first kappa shape index (κ1) is 14.5. The lowest BCUT2D eigenvalue weighted by Gasteiger charge is -2.16. The Morgan fingerprint density at radius 2 is 2.20 bits per heavy atom.